The quantitative estimate of drug-likeness (QED) is 0.374. The van der Waals surface area contributed by atoms with Crippen molar-refractivity contribution < 1.29 is 19.4 Å². The summed E-state index contributed by atoms with van der Waals surface area (Å²) in [6, 6.07) is 7.54. The number of hydrogen-bond acceptors (Lipinski definition) is 6. The first kappa shape index (κ1) is 19.5. The molecule has 7 heteroatoms. The van der Waals surface area contributed by atoms with Crippen LogP contribution in [0.4, 0.5) is 0 Å². The third-order valence-electron chi connectivity index (χ3n) is 3.58. The molecule has 0 aliphatic carbocycles. The number of ether oxygens (including phenoxy) is 1. The van der Waals surface area contributed by atoms with Crippen molar-refractivity contribution in [2.24, 2.45) is 0 Å². The zero-order valence-electron chi connectivity index (χ0n) is 14.0. The fourth-order valence-electron chi connectivity index (χ4n) is 2.22. The third-order valence-corrected chi connectivity index (χ3v) is 4.96. The summed E-state index contributed by atoms with van der Waals surface area (Å²) in [4.78, 5) is 24.9. The normalized spacial score (nSPS) is 15.9. The largest absolute Gasteiger partial charge is 0.550 e. The molecule has 0 radical (unpaired) electrons. The van der Waals surface area contributed by atoms with E-state index in [9.17, 15) is 14.7 Å². The Balaban J connectivity index is 1.97. The van der Waals surface area contributed by atoms with E-state index < -0.39 is 5.97 Å². The van der Waals surface area contributed by atoms with E-state index in [0.29, 0.717) is 28.8 Å². The molecule has 1 aliphatic rings. The molecule has 0 saturated carbocycles. The van der Waals surface area contributed by atoms with Gasteiger partial charge in [-0.2, -0.15) is 0 Å². The summed E-state index contributed by atoms with van der Waals surface area (Å²) >= 11 is 6.45. The highest BCUT2D eigenvalue weighted by molar-refractivity contribution is 8.26. The van der Waals surface area contributed by atoms with Crippen molar-refractivity contribution in [2.45, 2.75) is 32.6 Å². The van der Waals surface area contributed by atoms with Crippen LogP contribution < -0.4 is 9.84 Å². The number of carbonyl (C=O) groups is 2. The van der Waals surface area contributed by atoms with Crippen molar-refractivity contribution in [3.05, 3.63) is 34.7 Å². The van der Waals surface area contributed by atoms with E-state index in [4.69, 9.17) is 17.0 Å². The molecule has 0 N–H and O–H groups in total. The molecular weight excluding hydrogens is 358 g/mol. The van der Waals surface area contributed by atoms with Crippen LogP contribution in [-0.4, -0.2) is 34.2 Å². The van der Waals surface area contributed by atoms with Gasteiger partial charge in [0.2, 0.25) is 0 Å². The highest BCUT2D eigenvalue weighted by Gasteiger charge is 2.31. The Morgan fingerprint density at radius 1 is 1.32 bits per heavy atom. The van der Waals surface area contributed by atoms with Crippen LogP contribution in [0.3, 0.4) is 0 Å². The van der Waals surface area contributed by atoms with Crippen LogP contribution in [0, 0.1) is 0 Å². The predicted octanol–water partition coefficient (Wildman–Crippen LogP) is 2.60. The lowest BCUT2D eigenvalue weighted by atomic mass is 10.2. The lowest BCUT2D eigenvalue weighted by Gasteiger charge is -2.14. The molecule has 0 atom stereocenters. The minimum Gasteiger partial charge on any atom is -0.550 e. The number of thiocarbonyl (C=S) groups is 1. The molecule has 0 aromatic heterocycles. The lowest BCUT2D eigenvalue weighted by Crippen LogP contribution is -2.30. The summed E-state index contributed by atoms with van der Waals surface area (Å²) < 4.78 is 6.07. The molecule has 0 bridgehead atoms. The van der Waals surface area contributed by atoms with Crippen LogP contribution in [-0.2, 0) is 9.59 Å². The number of carboxylic acids is 1. The molecule has 1 aliphatic heterocycles. The van der Waals surface area contributed by atoms with E-state index in [0.717, 1.165) is 24.2 Å². The maximum atomic E-state index is 12.4. The number of aliphatic carboxylic acids is 1. The first-order valence-corrected chi connectivity index (χ1v) is 9.42. The molecule has 134 valence electrons. The van der Waals surface area contributed by atoms with E-state index >= 15 is 0 Å². The van der Waals surface area contributed by atoms with Gasteiger partial charge in [-0.15, -0.1) is 0 Å². The summed E-state index contributed by atoms with van der Waals surface area (Å²) in [6.45, 7) is 3.10. The molecule has 5 nitrogen and oxygen atoms in total. The highest BCUT2D eigenvalue weighted by atomic mass is 32.2. The topological polar surface area (TPSA) is 69.7 Å². The van der Waals surface area contributed by atoms with E-state index in [1.807, 2.05) is 24.3 Å². The number of benzene rings is 1. The van der Waals surface area contributed by atoms with Gasteiger partial charge >= 0.3 is 0 Å². The minimum absolute atomic E-state index is 0.0877. The van der Waals surface area contributed by atoms with Crippen LogP contribution in [0.25, 0.3) is 6.08 Å². The van der Waals surface area contributed by atoms with Gasteiger partial charge in [-0.3, -0.25) is 9.69 Å². The number of thioether (sulfide) groups is 1. The van der Waals surface area contributed by atoms with Crippen molar-refractivity contribution in [2.75, 3.05) is 13.2 Å². The van der Waals surface area contributed by atoms with Crippen molar-refractivity contribution >= 4 is 46.3 Å². The third kappa shape index (κ3) is 5.86. The average Bonchev–Trinajstić information content (AvgIpc) is 2.84. The molecule has 1 amide bonds. The zero-order valence-corrected chi connectivity index (χ0v) is 15.7. The first-order chi connectivity index (χ1) is 12.0. The van der Waals surface area contributed by atoms with Crippen LogP contribution in [0.2, 0.25) is 0 Å². The predicted molar refractivity (Wildman–Crippen MR) is 101 cm³/mol. The van der Waals surface area contributed by atoms with Gasteiger partial charge in [-0.05, 0) is 43.0 Å². The Morgan fingerprint density at radius 2 is 2.04 bits per heavy atom. The number of carboxylic acid groups (broad SMARTS) is 1. The Hall–Kier alpha value is -1.86. The monoisotopic (exact) mass is 378 g/mol. The van der Waals surface area contributed by atoms with E-state index in [-0.39, 0.29) is 12.3 Å². The van der Waals surface area contributed by atoms with Gasteiger partial charge in [0.15, 0.2) is 0 Å². The number of unbranched alkanes of at least 4 members (excludes halogenated alkanes) is 1. The summed E-state index contributed by atoms with van der Waals surface area (Å²) in [5, 5.41) is 10.5. The second-order valence-electron chi connectivity index (χ2n) is 5.58. The number of hydrogen-bond donors (Lipinski definition) is 0. The van der Waals surface area contributed by atoms with Crippen LogP contribution >= 0.6 is 24.0 Å². The maximum Gasteiger partial charge on any atom is 0.266 e. The van der Waals surface area contributed by atoms with Gasteiger partial charge in [-0.1, -0.05) is 49.5 Å². The summed E-state index contributed by atoms with van der Waals surface area (Å²) in [5.41, 5.74) is 0.887. The fraction of sp³-hybridized carbons (Fsp3) is 0.389. The highest BCUT2D eigenvalue weighted by Crippen LogP contribution is 2.32. The van der Waals surface area contributed by atoms with Crippen molar-refractivity contribution in [3.8, 4) is 5.75 Å². The molecule has 1 saturated heterocycles. The van der Waals surface area contributed by atoms with Gasteiger partial charge in [0.05, 0.1) is 11.5 Å². The molecule has 25 heavy (non-hydrogen) atoms. The number of carbonyl (C=O) groups excluding carboxylic acids is 2. The Kier molecular flexibility index (Phi) is 7.46. The van der Waals surface area contributed by atoms with Gasteiger partial charge in [-0.25, -0.2) is 0 Å². The lowest BCUT2D eigenvalue weighted by molar-refractivity contribution is -0.305. The Bertz CT molecular complexity index is 670. The van der Waals surface area contributed by atoms with Gasteiger partial charge < -0.3 is 14.6 Å². The second kappa shape index (κ2) is 9.58. The molecule has 1 aromatic carbocycles. The molecule has 2 rings (SSSR count). The second-order valence-corrected chi connectivity index (χ2v) is 7.26. The molecule has 1 fully saturated rings. The number of nitrogens with zero attached hydrogens (tertiary/aromatic N) is 1. The van der Waals surface area contributed by atoms with Crippen molar-refractivity contribution in [1.29, 1.82) is 0 Å². The van der Waals surface area contributed by atoms with Gasteiger partial charge in [0.25, 0.3) is 5.91 Å². The van der Waals surface area contributed by atoms with Crippen molar-refractivity contribution in [1.82, 2.24) is 4.90 Å². The van der Waals surface area contributed by atoms with E-state index in [2.05, 4.69) is 6.92 Å². The average molecular weight is 378 g/mol. The number of rotatable bonds is 9. The standard InChI is InChI=1S/C18H21NO4S2/c1-2-3-11-23-14-8-6-13(7-9-14)12-15-17(22)19(18(24)25-15)10-4-5-16(20)21/h6-9,12H,2-5,10-11H2,1H3,(H,20,21)/p-1/b15-12-. The summed E-state index contributed by atoms with van der Waals surface area (Å²) in [6.07, 6.45) is 4.13. The Labute approximate surface area is 157 Å². The summed E-state index contributed by atoms with van der Waals surface area (Å²) in [7, 11) is 0. The van der Waals surface area contributed by atoms with E-state index in [1.165, 1.54) is 16.7 Å². The van der Waals surface area contributed by atoms with E-state index in [1.54, 1.807) is 6.08 Å². The van der Waals surface area contributed by atoms with Gasteiger partial charge in [0, 0.05) is 12.5 Å². The maximum absolute atomic E-state index is 12.4. The van der Waals surface area contributed by atoms with Crippen LogP contribution in [0.5, 0.6) is 5.75 Å². The van der Waals surface area contributed by atoms with Crippen LogP contribution in [0.1, 0.15) is 38.2 Å². The zero-order chi connectivity index (χ0) is 18.2. The fourth-order valence-corrected chi connectivity index (χ4v) is 3.53. The summed E-state index contributed by atoms with van der Waals surface area (Å²) in [5.74, 6) is -0.501. The minimum atomic E-state index is -1.12. The first-order valence-electron chi connectivity index (χ1n) is 8.19. The van der Waals surface area contributed by atoms with Crippen LogP contribution in [0.15, 0.2) is 29.2 Å². The smallest absolute Gasteiger partial charge is 0.266 e. The van der Waals surface area contributed by atoms with Crippen molar-refractivity contribution in [3.63, 3.8) is 0 Å². The Morgan fingerprint density at radius 3 is 2.68 bits per heavy atom. The molecule has 0 unspecified atom stereocenters. The molecule has 0 spiro atoms. The molecule has 1 aromatic rings. The molecular formula is C18H20NO4S2-. The van der Waals surface area contributed by atoms with Gasteiger partial charge in [0.1, 0.15) is 10.1 Å². The SMILES string of the molecule is CCCCOc1ccc(/C=C2\SC(=S)N(CCCC(=O)[O-])C2=O)cc1. The number of amides is 1. The molecule has 1 heterocycles.